The van der Waals surface area contributed by atoms with Crippen molar-refractivity contribution in [2.75, 3.05) is 0 Å². The molecule has 3 N–H and O–H groups in total. The summed E-state index contributed by atoms with van der Waals surface area (Å²) in [6, 6.07) is 7.86. The number of carboxylic acids is 1. The number of rotatable bonds is 5. The van der Waals surface area contributed by atoms with E-state index in [1.807, 2.05) is 25.1 Å². The van der Waals surface area contributed by atoms with Crippen molar-refractivity contribution >= 4 is 22.8 Å². The summed E-state index contributed by atoms with van der Waals surface area (Å²) in [6.07, 6.45) is 3.18. The van der Waals surface area contributed by atoms with Crippen LogP contribution in [0.15, 0.2) is 47.2 Å². The third-order valence-corrected chi connectivity index (χ3v) is 4.23. The number of aryl methyl sites for hydroxylation is 1. The minimum atomic E-state index is -1.09. The van der Waals surface area contributed by atoms with Crippen LogP contribution >= 0.6 is 0 Å². The molecule has 6 heteroatoms. The highest BCUT2D eigenvalue weighted by molar-refractivity contribution is 5.95. The van der Waals surface area contributed by atoms with Crippen LogP contribution in [0.2, 0.25) is 0 Å². The van der Waals surface area contributed by atoms with Gasteiger partial charge in [0.15, 0.2) is 5.76 Å². The van der Waals surface area contributed by atoms with Crippen LogP contribution in [-0.4, -0.2) is 28.0 Å². The summed E-state index contributed by atoms with van der Waals surface area (Å²) >= 11 is 0. The minimum Gasteiger partial charge on any atom is -0.480 e. The smallest absolute Gasteiger partial charge is 0.326 e. The lowest BCUT2D eigenvalue weighted by molar-refractivity contribution is -0.139. The second-order valence-electron chi connectivity index (χ2n) is 5.80. The zero-order chi connectivity index (χ0) is 17.3. The number of furan rings is 1. The number of aromatic nitrogens is 1. The third-order valence-electron chi connectivity index (χ3n) is 4.23. The number of H-pyrrole nitrogens is 1. The van der Waals surface area contributed by atoms with E-state index in [0.717, 1.165) is 22.0 Å². The summed E-state index contributed by atoms with van der Waals surface area (Å²) in [7, 11) is 0. The molecule has 0 aliphatic carbocycles. The molecule has 2 aromatic heterocycles. The molecule has 2 atom stereocenters. The summed E-state index contributed by atoms with van der Waals surface area (Å²) in [4.78, 5) is 27.0. The Labute approximate surface area is 138 Å². The molecule has 0 aliphatic rings. The largest absolute Gasteiger partial charge is 0.480 e. The number of hydrogen-bond donors (Lipinski definition) is 3. The molecule has 0 unspecified atom stereocenters. The fraction of sp³-hybridized carbons (Fsp3) is 0.222. The molecule has 3 rings (SSSR count). The van der Waals surface area contributed by atoms with Crippen LogP contribution < -0.4 is 5.32 Å². The predicted octanol–water partition coefficient (Wildman–Crippen LogP) is 3.06. The SMILES string of the molecule is Cc1cccc2[nH]cc([C@@H](C)[C@H](NC(=O)c3ccco3)C(=O)O)c12. The summed E-state index contributed by atoms with van der Waals surface area (Å²) in [6.45, 7) is 3.76. The number of fused-ring (bicyclic) bond motifs is 1. The lowest BCUT2D eigenvalue weighted by Gasteiger charge is -2.21. The number of nitrogens with one attached hydrogen (secondary N) is 2. The van der Waals surface area contributed by atoms with Crippen LogP contribution in [0.25, 0.3) is 10.9 Å². The Balaban J connectivity index is 1.93. The van der Waals surface area contributed by atoms with Gasteiger partial charge in [-0.2, -0.15) is 0 Å². The van der Waals surface area contributed by atoms with Crippen LogP contribution in [0.1, 0.15) is 34.5 Å². The average molecular weight is 326 g/mol. The van der Waals surface area contributed by atoms with E-state index >= 15 is 0 Å². The lowest BCUT2D eigenvalue weighted by atomic mass is 9.91. The Morgan fingerprint density at radius 2 is 2.04 bits per heavy atom. The Bertz CT molecular complexity index is 880. The normalized spacial score (nSPS) is 13.6. The van der Waals surface area contributed by atoms with E-state index in [4.69, 9.17) is 4.42 Å². The van der Waals surface area contributed by atoms with Gasteiger partial charge in [-0.25, -0.2) is 4.79 Å². The molecule has 1 aromatic carbocycles. The highest BCUT2D eigenvalue weighted by atomic mass is 16.4. The van der Waals surface area contributed by atoms with E-state index in [1.54, 1.807) is 19.2 Å². The topological polar surface area (TPSA) is 95.3 Å². The number of carbonyl (C=O) groups excluding carboxylic acids is 1. The number of benzene rings is 1. The van der Waals surface area contributed by atoms with Crippen LogP contribution in [0.4, 0.5) is 0 Å². The van der Waals surface area contributed by atoms with Crippen molar-refractivity contribution in [3.8, 4) is 0 Å². The molecule has 0 radical (unpaired) electrons. The second kappa shape index (κ2) is 6.23. The zero-order valence-electron chi connectivity index (χ0n) is 13.4. The zero-order valence-corrected chi connectivity index (χ0v) is 13.4. The molecule has 0 bridgehead atoms. The molecule has 2 heterocycles. The number of amides is 1. The van der Waals surface area contributed by atoms with Gasteiger partial charge < -0.3 is 19.8 Å². The number of carbonyl (C=O) groups is 2. The Morgan fingerprint density at radius 3 is 2.71 bits per heavy atom. The van der Waals surface area contributed by atoms with E-state index in [9.17, 15) is 14.7 Å². The predicted molar refractivity (Wildman–Crippen MR) is 89.0 cm³/mol. The quantitative estimate of drug-likeness (QED) is 0.671. The van der Waals surface area contributed by atoms with Crippen LogP contribution in [-0.2, 0) is 4.79 Å². The van der Waals surface area contributed by atoms with E-state index in [2.05, 4.69) is 10.3 Å². The molecule has 3 aromatic rings. The molecule has 6 nitrogen and oxygen atoms in total. The molecular weight excluding hydrogens is 308 g/mol. The fourth-order valence-electron chi connectivity index (χ4n) is 2.96. The molecular formula is C18H18N2O4. The maximum atomic E-state index is 12.1. The summed E-state index contributed by atoms with van der Waals surface area (Å²) in [5, 5.41) is 13.1. The molecule has 0 saturated heterocycles. The van der Waals surface area contributed by atoms with Gasteiger partial charge in [0.1, 0.15) is 6.04 Å². The molecule has 124 valence electrons. The molecule has 24 heavy (non-hydrogen) atoms. The first-order valence-corrected chi connectivity index (χ1v) is 7.63. The lowest BCUT2D eigenvalue weighted by Crippen LogP contribution is -2.44. The van der Waals surface area contributed by atoms with Crippen LogP contribution in [0.5, 0.6) is 0 Å². The van der Waals surface area contributed by atoms with Crippen molar-refractivity contribution in [3.63, 3.8) is 0 Å². The maximum Gasteiger partial charge on any atom is 0.326 e. The van der Waals surface area contributed by atoms with Gasteiger partial charge in [-0.3, -0.25) is 4.79 Å². The van der Waals surface area contributed by atoms with Crippen molar-refractivity contribution < 1.29 is 19.1 Å². The Kier molecular flexibility index (Phi) is 4.12. The van der Waals surface area contributed by atoms with Gasteiger partial charge >= 0.3 is 5.97 Å². The number of aliphatic carboxylic acids is 1. The maximum absolute atomic E-state index is 12.1. The van der Waals surface area contributed by atoms with Crippen molar-refractivity contribution in [2.24, 2.45) is 0 Å². The second-order valence-corrected chi connectivity index (χ2v) is 5.80. The van der Waals surface area contributed by atoms with E-state index in [0.29, 0.717) is 0 Å². The van der Waals surface area contributed by atoms with Crippen molar-refractivity contribution in [1.29, 1.82) is 0 Å². The van der Waals surface area contributed by atoms with Gasteiger partial charge in [-0.05, 0) is 36.2 Å². The summed E-state index contributed by atoms with van der Waals surface area (Å²) in [5.74, 6) is -1.97. The Morgan fingerprint density at radius 1 is 1.25 bits per heavy atom. The molecule has 1 amide bonds. The standard InChI is InChI=1S/C18H18N2O4/c1-10-5-3-6-13-15(10)12(9-19-13)11(2)16(18(22)23)20-17(21)14-7-4-8-24-14/h3-9,11,16,19H,1-2H3,(H,20,21)(H,22,23)/t11-,16+/m1/s1. The van der Waals surface area contributed by atoms with Gasteiger partial charge in [-0.1, -0.05) is 19.1 Å². The molecule has 0 saturated carbocycles. The highest BCUT2D eigenvalue weighted by Crippen LogP contribution is 2.30. The highest BCUT2D eigenvalue weighted by Gasteiger charge is 2.30. The monoisotopic (exact) mass is 326 g/mol. The van der Waals surface area contributed by atoms with Crippen molar-refractivity contribution in [3.05, 3.63) is 59.7 Å². The first-order chi connectivity index (χ1) is 11.5. The van der Waals surface area contributed by atoms with E-state index in [1.165, 1.54) is 12.3 Å². The first-order valence-electron chi connectivity index (χ1n) is 7.63. The van der Waals surface area contributed by atoms with Crippen molar-refractivity contribution in [1.82, 2.24) is 10.3 Å². The van der Waals surface area contributed by atoms with Gasteiger partial charge in [0.2, 0.25) is 0 Å². The van der Waals surface area contributed by atoms with E-state index in [-0.39, 0.29) is 5.76 Å². The first kappa shape index (κ1) is 15.9. The van der Waals surface area contributed by atoms with Crippen molar-refractivity contribution in [2.45, 2.75) is 25.8 Å². The summed E-state index contributed by atoms with van der Waals surface area (Å²) in [5.41, 5.74) is 2.85. The average Bonchev–Trinajstić information content (AvgIpc) is 3.21. The fourth-order valence-corrected chi connectivity index (χ4v) is 2.96. The van der Waals surface area contributed by atoms with Crippen LogP contribution in [0.3, 0.4) is 0 Å². The van der Waals surface area contributed by atoms with Gasteiger partial charge in [-0.15, -0.1) is 0 Å². The van der Waals surface area contributed by atoms with Gasteiger partial charge in [0.05, 0.1) is 6.26 Å². The van der Waals surface area contributed by atoms with Crippen LogP contribution in [0, 0.1) is 6.92 Å². The molecule has 0 spiro atoms. The molecule has 0 fully saturated rings. The Hall–Kier alpha value is -3.02. The van der Waals surface area contributed by atoms with Gasteiger partial charge in [0.25, 0.3) is 5.91 Å². The molecule has 0 aliphatic heterocycles. The number of hydrogen-bond acceptors (Lipinski definition) is 3. The number of aromatic amines is 1. The number of carboxylic acid groups (broad SMARTS) is 1. The van der Waals surface area contributed by atoms with Gasteiger partial charge in [0, 0.05) is 23.0 Å². The third kappa shape index (κ3) is 2.78. The van der Waals surface area contributed by atoms with E-state index < -0.39 is 23.8 Å². The minimum absolute atomic E-state index is 0.0866. The summed E-state index contributed by atoms with van der Waals surface area (Å²) < 4.78 is 5.02.